The number of rotatable bonds is 2. The van der Waals surface area contributed by atoms with Gasteiger partial charge in [0.1, 0.15) is 0 Å². The Morgan fingerprint density at radius 2 is 1.89 bits per heavy atom. The number of carbonyl (C=O) groups is 1. The highest BCUT2D eigenvalue weighted by atomic mass is 79.9. The molecule has 0 amide bonds. The van der Waals surface area contributed by atoms with E-state index in [0.29, 0.717) is 4.47 Å². The smallest absolute Gasteiger partial charge is 0.357 e. The molecule has 100 valence electrons. The predicted molar refractivity (Wildman–Crippen MR) is 77.5 cm³/mol. The number of aromatic nitrogens is 2. The lowest BCUT2D eigenvalue weighted by Crippen LogP contribution is -2.00. The SMILES string of the molecule is Cc1ccc(-c2c(Br)c(C(=O)O)nn2C)c(C)c1C. The molecule has 2 rings (SSSR count). The third-order valence-electron chi connectivity index (χ3n) is 3.51. The number of aryl methyl sites for hydroxylation is 2. The highest BCUT2D eigenvalue weighted by Crippen LogP contribution is 2.34. The van der Waals surface area contributed by atoms with E-state index < -0.39 is 5.97 Å². The van der Waals surface area contributed by atoms with Crippen LogP contribution in [-0.4, -0.2) is 20.9 Å². The van der Waals surface area contributed by atoms with Gasteiger partial charge in [-0.1, -0.05) is 12.1 Å². The standard InChI is InChI=1S/C14H15BrN2O2/c1-7-5-6-10(9(3)8(7)2)13-11(15)12(14(18)19)16-17(13)4/h5-6H,1-4H3,(H,18,19). The summed E-state index contributed by atoms with van der Waals surface area (Å²) in [6.07, 6.45) is 0. The lowest BCUT2D eigenvalue weighted by Gasteiger charge is -2.12. The van der Waals surface area contributed by atoms with Crippen LogP contribution in [-0.2, 0) is 7.05 Å². The molecule has 1 aromatic heterocycles. The summed E-state index contributed by atoms with van der Waals surface area (Å²) in [5, 5.41) is 13.2. The Balaban J connectivity index is 2.73. The molecule has 0 saturated carbocycles. The van der Waals surface area contributed by atoms with Crippen LogP contribution in [0, 0.1) is 20.8 Å². The molecule has 0 unspecified atom stereocenters. The van der Waals surface area contributed by atoms with Gasteiger partial charge in [0.15, 0.2) is 5.69 Å². The van der Waals surface area contributed by atoms with E-state index in [1.165, 1.54) is 11.1 Å². The van der Waals surface area contributed by atoms with Crippen molar-refractivity contribution in [3.05, 3.63) is 39.0 Å². The van der Waals surface area contributed by atoms with Gasteiger partial charge in [-0.05, 0) is 53.4 Å². The number of halogens is 1. The first-order valence-electron chi connectivity index (χ1n) is 5.87. The van der Waals surface area contributed by atoms with E-state index >= 15 is 0 Å². The summed E-state index contributed by atoms with van der Waals surface area (Å²) in [5.41, 5.74) is 5.40. The van der Waals surface area contributed by atoms with Crippen molar-refractivity contribution in [3.63, 3.8) is 0 Å². The Kier molecular flexibility index (Phi) is 3.49. The molecule has 1 heterocycles. The van der Waals surface area contributed by atoms with E-state index in [-0.39, 0.29) is 5.69 Å². The monoisotopic (exact) mass is 322 g/mol. The first-order valence-corrected chi connectivity index (χ1v) is 6.66. The second-order valence-corrected chi connectivity index (χ2v) is 5.41. The van der Waals surface area contributed by atoms with Crippen LogP contribution >= 0.6 is 15.9 Å². The third-order valence-corrected chi connectivity index (χ3v) is 4.26. The zero-order valence-corrected chi connectivity index (χ0v) is 12.9. The van der Waals surface area contributed by atoms with E-state index in [1.54, 1.807) is 11.7 Å². The third kappa shape index (κ3) is 2.18. The summed E-state index contributed by atoms with van der Waals surface area (Å²) in [7, 11) is 1.75. The average Bonchev–Trinajstić information content (AvgIpc) is 2.63. The van der Waals surface area contributed by atoms with Gasteiger partial charge >= 0.3 is 5.97 Å². The van der Waals surface area contributed by atoms with E-state index in [1.807, 2.05) is 19.1 Å². The van der Waals surface area contributed by atoms with Crippen LogP contribution < -0.4 is 0 Å². The van der Waals surface area contributed by atoms with Crippen molar-refractivity contribution >= 4 is 21.9 Å². The number of benzene rings is 1. The summed E-state index contributed by atoms with van der Waals surface area (Å²) >= 11 is 3.35. The molecule has 5 heteroatoms. The van der Waals surface area contributed by atoms with Crippen molar-refractivity contribution in [1.29, 1.82) is 0 Å². The lowest BCUT2D eigenvalue weighted by atomic mass is 9.97. The molecule has 2 aromatic rings. The van der Waals surface area contributed by atoms with E-state index in [0.717, 1.165) is 16.8 Å². The molecule has 0 bridgehead atoms. The quantitative estimate of drug-likeness (QED) is 0.921. The van der Waals surface area contributed by atoms with Crippen LogP contribution in [0.2, 0.25) is 0 Å². The molecule has 0 aliphatic heterocycles. The van der Waals surface area contributed by atoms with Crippen molar-refractivity contribution in [3.8, 4) is 11.3 Å². The summed E-state index contributed by atoms with van der Waals surface area (Å²) in [5.74, 6) is -1.03. The number of nitrogens with zero attached hydrogens (tertiary/aromatic N) is 2. The van der Waals surface area contributed by atoms with Gasteiger partial charge in [0, 0.05) is 12.6 Å². The maximum atomic E-state index is 11.1. The minimum absolute atomic E-state index is 0.0372. The molecule has 0 aliphatic rings. The second-order valence-electron chi connectivity index (χ2n) is 4.62. The zero-order chi connectivity index (χ0) is 14.3. The minimum atomic E-state index is -1.03. The van der Waals surface area contributed by atoms with Crippen molar-refractivity contribution < 1.29 is 9.90 Å². The summed E-state index contributed by atoms with van der Waals surface area (Å²) < 4.78 is 2.12. The van der Waals surface area contributed by atoms with Crippen LogP contribution in [0.15, 0.2) is 16.6 Å². The minimum Gasteiger partial charge on any atom is -0.476 e. The summed E-state index contributed by atoms with van der Waals surface area (Å²) in [4.78, 5) is 11.1. The van der Waals surface area contributed by atoms with Crippen LogP contribution in [0.4, 0.5) is 0 Å². The fourth-order valence-electron chi connectivity index (χ4n) is 2.14. The number of aromatic carboxylic acids is 1. The molecule has 4 nitrogen and oxygen atoms in total. The number of hydrogen-bond acceptors (Lipinski definition) is 2. The summed E-state index contributed by atoms with van der Waals surface area (Å²) in [6, 6.07) is 4.04. The molecule has 0 atom stereocenters. The molecule has 0 saturated heterocycles. The number of carboxylic acids is 1. The fraction of sp³-hybridized carbons (Fsp3) is 0.286. The maximum Gasteiger partial charge on any atom is 0.357 e. The van der Waals surface area contributed by atoms with Crippen molar-refractivity contribution in [2.75, 3.05) is 0 Å². The first-order chi connectivity index (χ1) is 8.84. The Morgan fingerprint density at radius 1 is 1.26 bits per heavy atom. The van der Waals surface area contributed by atoms with Crippen molar-refractivity contribution in [2.24, 2.45) is 7.05 Å². The summed E-state index contributed by atoms with van der Waals surface area (Å²) in [6.45, 7) is 6.17. The van der Waals surface area contributed by atoms with Crippen molar-refractivity contribution in [2.45, 2.75) is 20.8 Å². The normalized spacial score (nSPS) is 10.8. The Bertz CT molecular complexity index is 675. The molecule has 0 aliphatic carbocycles. The van der Waals surface area contributed by atoms with E-state index in [9.17, 15) is 4.79 Å². The Hall–Kier alpha value is -1.62. The number of carboxylic acid groups (broad SMARTS) is 1. The molecular weight excluding hydrogens is 308 g/mol. The van der Waals surface area contributed by atoms with Crippen LogP contribution in [0.3, 0.4) is 0 Å². The molecule has 1 N–H and O–H groups in total. The van der Waals surface area contributed by atoms with Crippen molar-refractivity contribution in [1.82, 2.24) is 9.78 Å². The Labute approximate surface area is 120 Å². The molecule has 0 radical (unpaired) electrons. The van der Waals surface area contributed by atoms with Gasteiger partial charge in [0.05, 0.1) is 10.2 Å². The van der Waals surface area contributed by atoms with Crippen LogP contribution in [0.1, 0.15) is 27.2 Å². The molecule has 0 fully saturated rings. The van der Waals surface area contributed by atoms with Gasteiger partial charge in [-0.3, -0.25) is 4.68 Å². The van der Waals surface area contributed by atoms with Gasteiger partial charge in [0.2, 0.25) is 0 Å². The number of hydrogen-bond donors (Lipinski definition) is 1. The zero-order valence-electron chi connectivity index (χ0n) is 11.3. The highest BCUT2D eigenvalue weighted by Gasteiger charge is 2.21. The van der Waals surface area contributed by atoms with Gasteiger partial charge < -0.3 is 5.11 Å². The molecular formula is C14H15BrN2O2. The van der Waals surface area contributed by atoms with E-state index in [2.05, 4.69) is 34.9 Å². The molecule has 1 aromatic carbocycles. The van der Waals surface area contributed by atoms with Gasteiger partial charge in [-0.25, -0.2) is 4.79 Å². The molecule has 19 heavy (non-hydrogen) atoms. The molecule has 0 spiro atoms. The predicted octanol–water partition coefficient (Wildman–Crippen LogP) is 3.47. The highest BCUT2D eigenvalue weighted by molar-refractivity contribution is 9.10. The average molecular weight is 323 g/mol. The second kappa shape index (κ2) is 4.81. The van der Waals surface area contributed by atoms with Gasteiger partial charge in [-0.2, -0.15) is 5.10 Å². The van der Waals surface area contributed by atoms with E-state index in [4.69, 9.17) is 5.11 Å². The maximum absolute atomic E-state index is 11.1. The van der Waals surface area contributed by atoms with Gasteiger partial charge in [-0.15, -0.1) is 0 Å². The first kappa shape index (κ1) is 13.8. The lowest BCUT2D eigenvalue weighted by molar-refractivity contribution is 0.0688. The van der Waals surface area contributed by atoms with Crippen LogP contribution in [0.25, 0.3) is 11.3 Å². The largest absolute Gasteiger partial charge is 0.476 e. The Morgan fingerprint density at radius 3 is 2.42 bits per heavy atom. The van der Waals surface area contributed by atoms with Gasteiger partial charge in [0.25, 0.3) is 0 Å². The van der Waals surface area contributed by atoms with Crippen LogP contribution in [0.5, 0.6) is 0 Å². The topological polar surface area (TPSA) is 55.1 Å². The fourth-order valence-corrected chi connectivity index (χ4v) is 2.86.